The van der Waals surface area contributed by atoms with Crippen LogP contribution in [-0.2, 0) is 15.8 Å². The van der Waals surface area contributed by atoms with Crippen molar-refractivity contribution in [2.45, 2.75) is 15.7 Å². The van der Waals surface area contributed by atoms with Crippen molar-refractivity contribution in [2.24, 2.45) is 0 Å². The first-order chi connectivity index (χ1) is 11.5. The zero-order valence-electron chi connectivity index (χ0n) is 13.5. The Bertz CT molecular complexity index is 947. The third kappa shape index (κ3) is 3.45. The summed E-state index contributed by atoms with van der Waals surface area (Å²) in [4.78, 5) is 4.49. The molecule has 0 aliphatic carbocycles. The zero-order valence-corrected chi connectivity index (χ0v) is 15.1. The van der Waals surface area contributed by atoms with E-state index in [9.17, 15) is 8.42 Å². The lowest BCUT2D eigenvalue weighted by Crippen LogP contribution is -2.22. The third-order valence-corrected chi connectivity index (χ3v) is 6.53. The van der Waals surface area contributed by atoms with Crippen LogP contribution in [0, 0.1) is 0 Å². The Morgan fingerprint density at radius 3 is 2.46 bits per heavy atom. The van der Waals surface area contributed by atoms with E-state index < -0.39 is 10.0 Å². The summed E-state index contributed by atoms with van der Waals surface area (Å²) in [6.07, 6.45) is 1.42. The molecule has 124 valence electrons. The lowest BCUT2D eigenvalue weighted by molar-refractivity contribution is 0.520. The van der Waals surface area contributed by atoms with Crippen LogP contribution in [0.1, 0.15) is 5.56 Å². The molecule has 0 aliphatic heterocycles. The summed E-state index contributed by atoms with van der Waals surface area (Å²) >= 11 is 1.60. The van der Waals surface area contributed by atoms with Gasteiger partial charge in [0.25, 0.3) is 0 Å². The van der Waals surface area contributed by atoms with Crippen molar-refractivity contribution in [1.82, 2.24) is 9.29 Å². The van der Waals surface area contributed by atoms with Crippen LogP contribution in [0.15, 0.2) is 70.7 Å². The minimum atomic E-state index is -3.43. The number of hydrogen-bond donors (Lipinski definition) is 0. The molecule has 0 unspecified atom stereocenters. The predicted octanol–water partition coefficient (Wildman–Crippen LogP) is 3.78. The molecule has 1 heterocycles. The fourth-order valence-corrected chi connectivity index (χ4v) is 4.08. The average Bonchev–Trinajstić information content (AvgIpc) is 2.60. The zero-order chi connectivity index (χ0) is 17.2. The van der Waals surface area contributed by atoms with Gasteiger partial charge in [-0.1, -0.05) is 42.5 Å². The van der Waals surface area contributed by atoms with Gasteiger partial charge in [-0.05, 0) is 28.5 Å². The van der Waals surface area contributed by atoms with E-state index in [0.29, 0.717) is 0 Å². The number of sulfonamides is 1. The number of nitrogens with zero attached hydrogens (tertiary/aromatic N) is 2. The fourth-order valence-electron chi connectivity index (χ4n) is 2.39. The van der Waals surface area contributed by atoms with Gasteiger partial charge in [0.2, 0.25) is 10.0 Å². The van der Waals surface area contributed by atoms with Crippen LogP contribution in [-0.4, -0.2) is 31.8 Å². The van der Waals surface area contributed by atoms with Gasteiger partial charge in [-0.15, -0.1) is 11.8 Å². The van der Waals surface area contributed by atoms with Gasteiger partial charge in [0.1, 0.15) is 4.90 Å². The van der Waals surface area contributed by atoms with E-state index in [1.165, 1.54) is 40.9 Å². The Balaban J connectivity index is 1.78. The summed E-state index contributed by atoms with van der Waals surface area (Å²) in [5.41, 5.74) is 1.24. The van der Waals surface area contributed by atoms with Crippen molar-refractivity contribution < 1.29 is 8.42 Å². The van der Waals surface area contributed by atoms with E-state index in [0.717, 1.165) is 10.8 Å². The molecule has 0 atom stereocenters. The topological polar surface area (TPSA) is 50.3 Å². The highest BCUT2D eigenvalue weighted by atomic mass is 32.2. The van der Waals surface area contributed by atoms with Gasteiger partial charge < -0.3 is 0 Å². The second-order valence-corrected chi connectivity index (χ2v) is 8.69. The number of benzene rings is 2. The van der Waals surface area contributed by atoms with Crippen LogP contribution < -0.4 is 0 Å². The molecule has 2 aromatic carbocycles. The third-order valence-electron chi connectivity index (χ3n) is 3.74. The average molecular weight is 358 g/mol. The molecule has 3 aromatic rings. The molecule has 0 saturated heterocycles. The van der Waals surface area contributed by atoms with Crippen LogP contribution >= 0.6 is 11.8 Å². The van der Waals surface area contributed by atoms with Gasteiger partial charge >= 0.3 is 0 Å². The monoisotopic (exact) mass is 358 g/mol. The van der Waals surface area contributed by atoms with Gasteiger partial charge in [-0.3, -0.25) is 0 Å². The molecule has 0 amide bonds. The second-order valence-electron chi connectivity index (χ2n) is 5.55. The van der Waals surface area contributed by atoms with E-state index in [-0.39, 0.29) is 4.90 Å². The second kappa shape index (κ2) is 6.93. The number of aromatic nitrogens is 1. The molecule has 0 bridgehead atoms. The normalized spacial score (nSPS) is 12.0. The minimum Gasteiger partial charge on any atom is -0.249 e. The van der Waals surface area contributed by atoms with E-state index >= 15 is 0 Å². The van der Waals surface area contributed by atoms with E-state index in [4.69, 9.17) is 0 Å². The molecule has 0 N–H and O–H groups in total. The highest BCUT2D eigenvalue weighted by Crippen LogP contribution is 2.26. The highest BCUT2D eigenvalue weighted by molar-refractivity contribution is 7.98. The molecule has 0 aliphatic rings. The summed E-state index contributed by atoms with van der Waals surface area (Å²) in [5, 5.41) is 3.26. The highest BCUT2D eigenvalue weighted by Gasteiger charge is 2.17. The van der Waals surface area contributed by atoms with Crippen LogP contribution in [0.25, 0.3) is 10.8 Å². The molecule has 24 heavy (non-hydrogen) atoms. The van der Waals surface area contributed by atoms with Crippen LogP contribution in [0.2, 0.25) is 0 Å². The number of pyridine rings is 1. The van der Waals surface area contributed by atoms with Crippen molar-refractivity contribution in [2.75, 3.05) is 14.1 Å². The molecule has 4 nitrogen and oxygen atoms in total. The molecule has 1 aromatic heterocycles. The molecule has 6 heteroatoms. The largest absolute Gasteiger partial charge is 0.249 e. The van der Waals surface area contributed by atoms with Gasteiger partial charge in [0.05, 0.1) is 5.03 Å². The molecule has 3 rings (SSSR count). The van der Waals surface area contributed by atoms with Gasteiger partial charge in [-0.25, -0.2) is 17.7 Å². The lowest BCUT2D eigenvalue weighted by Gasteiger charge is -2.11. The summed E-state index contributed by atoms with van der Waals surface area (Å²) in [5.74, 6) is 0.786. The van der Waals surface area contributed by atoms with Crippen molar-refractivity contribution in [1.29, 1.82) is 0 Å². The van der Waals surface area contributed by atoms with E-state index in [2.05, 4.69) is 35.3 Å². The Hall–Kier alpha value is -1.89. The molecular formula is C18H18N2O2S2. The Morgan fingerprint density at radius 1 is 1.00 bits per heavy atom. The van der Waals surface area contributed by atoms with Crippen LogP contribution in [0.3, 0.4) is 0 Å². The van der Waals surface area contributed by atoms with Crippen molar-refractivity contribution in [3.63, 3.8) is 0 Å². The van der Waals surface area contributed by atoms with Crippen molar-refractivity contribution >= 4 is 32.6 Å². The van der Waals surface area contributed by atoms with Gasteiger partial charge in [0.15, 0.2) is 0 Å². The maximum Gasteiger partial charge on any atom is 0.244 e. The molecular weight excluding hydrogens is 340 g/mol. The predicted molar refractivity (Wildman–Crippen MR) is 98.6 cm³/mol. The van der Waals surface area contributed by atoms with Gasteiger partial charge in [0, 0.05) is 26.0 Å². The molecule has 0 spiro atoms. The molecule has 0 radical (unpaired) electrons. The number of fused-ring (bicyclic) bond motifs is 1. The Morgan fingerprint density at radius 2 is 1.75 bits per heavy atom. The SMILES string of the molecule is CN(C)S(=O)(=O)c1ccc(SCc2cccc3ccccc23)nc1. The number of rotatable bonds is 5. The van der Waals surface area contributed by atoms with Crippen LogP contribution in [0.5, 0.6) is 0 Å². The summed E-state index contributed by atoms with van der Waals surface area (Å²) < 4.78 is 25.3. The van der Waals surface area contributed by atoms with Crippen molar-refractivity contribution in [3.8, 4) is 0 Å². The first kappa shape index (κ1) is 17.0. The van der Waals surface area contributed by atoms with E-state index in [1.54, 1.807) is 23.9 Å². The minimum absolute atomic E-state index is 0.210. The quantitative estimate of drug-likeness (QED) is 0.651. The number of hydrogen-bond acceptors (Lipinski definition) is 4. The summed E-state index contributed by atoms with van der Waals surface area (Å²) in [6.45, 7) is 0. The first-order valence-corrected chi connectivity index (χ1v) is 9.89. The Kier molecular flexibility index (Phi) is 4.89. The summed E-state index contributed by atoms with van der Waals surface area (Å²) in [6, 6.07) is 17.9. The smallest absolute Gasteiger partial charge is 0.244 e. The van der Waals surface area contributed by atoms with Gasteiger partial charge in [-0.2, -0.15) is 0 Å². The van der Waals surface area contributed by atoms with E-state index in [1.807, 2.05) is 12.1 Å². The first-order valence-electron chi connectivity index (χ1n) is 7.46. The summed E-state index contributed by atoms with van der Waals surface area (Å²) in [7, 11) is -0.403. The fraction of sp³-hybridized carbons (Fsp3) is 0.167. The maximum absolute atomic E-state index is 12.0. The van der Waals surface area contributed by atoms with Crippen LogP contribution in [0.4, 0.5) is 0 Å². The molecule has 0 fully saturated rings. The lowest BCUT2D eigenvalue weighted by atomic mass is 10.1. The van der Waals surface area contributed by atoms with Crippen molar-refractivity contribution in [3.05, 3.63) is 66.4 Å². The standard InChI is InChI=1S/C18H18N2O2S2/c1-20(2)24(21,22)16-10-11-18(19-12-16)23-13-15-8-5-7-14-6-3-4-9-17(14)15/h3-12H,13H2,1-2H3. The Labute approximate surface area is 146 Å². The molecule has 0 saturated carbocycles. The maximum atomic E-state index is 12.0. The number of thioether (sulfide) groups is 1.